The molecule has 2 atom stereocenters. The van der Waals surface area contributed by atoms with Crippen molar-refractivity contribution >= 4 is 56.8 Å². The number of hydrogen-bond donors (Lipinski definition) is 2. The van der Waals surface area contributed by atoms with Gasteiger partial charge in [0.05, 0.1) is 45.4 Å². The molecule has 2 aliphatic heterocycles. The summed E-state index contributed by atoms with van der Waals surface area (Å²) >= 11 is 7.37. The van der Waals surface area contributed by atoms with Gasteiger partial charge in [0.25, 0.3) is 5.56 Å². The zero-order chi connectivity index (χ0) is 35.9. The molecule has 0 radical (unpaired) electrons. The topological polar surface area (TPSA) is 146 Å². The summed E-state index contributed by atoms with van der Waals surface area (Å²) < 4.78 is 23.8. The van der Waals surface area contributed by atoms with E-state index in [1.807, 2.05) is 34.6 Å². The molecular formula is C36H35ClFN7O5. The molecule has 258 valence electrons. The van der Waals surface area contributed by atoms with Crippen LogP contribution in [0.2, 0.25) is 5.02 Å². The standard InChI is InChI=1S/C36H35ClFN7O5/c1-8-23(46)43-13-22-34(47)42-29-31(44(22)12-18(43)7)19-11-20(38)25(24-17(6)9-10-21-33(24)50-36(49)41-21)26(37)30(19)45(35(29)48)32-27(15(2)3)39-14-40-28(32)16(4)5/h8-11,14-16,18,22H,1,12-13H2,2-7H3,(H,41,49)(H,42,47). The second-order valence-corrected chi connectivity index (χ2v) is 13.8. The number of carbonyl (C=O) groups excluding carboxylic acids is 2. The molecule has 2 N–H and O–H groups in total. The van der Waals surface area contributed by atoms with E-state index in [1.54, 1.807) is 28.9 Å². The van der Waals surface area contributed by atoms with E-state index < -0.39 is 29.1 Å². The van der Waals surface area contributed by atoms with E-state index >= 15 is 9.18 Å². The second-order valence-electron chi connectivity index (χ2n) is 13.5. The highest BCUT2D eigenvalue weighted by molar-refractivity contribution is 6.39. The van der Waals surface area contributed by atoms with Gasteiger partial charge in [0, 0.05) is 29.1 Å². The van der Waals surface area contributed by atoms with Crippen LogP contribution < -0.4 is 21.5 Å². The number of amides is 2. The number of pyridine rings is 1. The third-order valence-electron chi connectivity index (χ3n) is 9.60. The molecule has 5 heterocycles. The van der Waals surface area contributed by atoms with Crippen molar-refractivity contribution in [3.05, 3.63) is 85.9 Å². The molecule has 0 bridgehead atoms. The summed E-state index contributed by atoms with van der Waals surface area (Å²) in [5, 5.41) is 2.94. The summed E-state index contributed by atoms with van der Waals surface area (Å²) in [6, 6.07) is 3.40. The van der Waals surface area contributed by atoms with Crippen molar-refractivity contribution in [1.29, 1.82) is 0 Å². The number of nitrogens with one attached hydrogen (secondary N) is 2. The first-order valence-corrected chi connectivity index (χ1v) is 16.7. The van der Waals surface area contributed by atoms with Gasteiger partial charge >= 0.3 is 5.76 Å². The van der Waals surface area contributed by atoms with Gasteiger partial charge in [-0.05, 0) is 49.5 Å². The zero-order valence-electron chi connectivity index (χ0n) is 28.4. The van der Waals surface area contributed by atoms with Gasteiger partial charge in [-0.2, -0.15) is 0 Å². The van der Waals surface area contributed by atoms with Gasteiger partial charge < -0.3 is 19.5 Å². The number of fused-ring (bicyclic) bond motifs is 6. The number of rotatable bonds is 5. The van der Waals surface area contributed by atoms with Crippen LogP contribution in [0.15, 0.2) is 51.2 Å². The number of benzene rings is 2. The molecule has 0 saturated carbocycles. The lowest BCUT2D eigenvalue weighted by atomic mass is 9.94. The third kappa shape index (κ3) is 4.85. The Labute approximate surface area is 290 Å². The van der Waals surface area contributed by atoms with Crippen LogP contribution in [-0.4, -0.2) is 61.4 Å². The van der Waals surface area contributed by atoms with E-state index in [0.717, 1.165) is 0 Å². The molecule has 2 amide bonds. The average Bonchev–Trinajstić information content (AvgIpc) is 3.45. The summed E-state index contributed by atoms with van der Waals surface area (Å²) in [6.07, 6.45) is 2.64. The number of aromatic nitrogens is 4. The highest BCUT2D eigenvalue weighted by Gasteiger charge is 2.44. The van der Waals surface area contributed by atoms with Gasteiger partial charge in [-0.15, -0.1) is 0 Å². The molecule has 50 heavy (non-hydrogen) atoms. The highest BCUT2D eigenvalue weighted by Crippen LogP contribution is 2.47. The van der Waals surface area contributed by atoms with E-state index in [4.69, 9.17) is 16.0 Å². The lowest BCUT2D eigenvalue weighted by Crippen LogP contribution is -2.64. The van der Waals surface area contributed by atoms with Crippen LogP contribution in [0.3, 0.4) is 0 Å². The lowest BCUT2D eigenvalue weighted by molar-refractivity contribution is -0.130. The Morgan fingerprint density at radius 1 is 1.08 bits per heavy atom. The van der Waals surface area contributed by atoms with E-state index in [0.29, 0.717) is 28.2 Å². The Kier molecular flexibility index (Phi) is 7.93. The average molecular weight is 700 g/mol. The largest absolute Gasteiger partial charge is 0.417 e. The molecule has 1 fully saturated rings. The number of halogens is 2. The Balaban J connectivity index is 1.66. The fraction of sp³-hybridized carbons (Fsp3) is 0.333. The quantitative estimate of drug-likeness (QED) is 0.220. The van der Waals surface area contributed by atoms with Crippen LogP contribution in [0.25, 0.3) is 38.8 Å². The third-order valence-corrected chi connectivity index (χ3v) is 9.97. The maximum absolute atomic E-state index is 16.9. The predicted octanol–water partition coefficient (Wildman–Crippen LogP) is 5.77. The van der Waals surface area contributed by atoms with E-state index in [1.165, 1.54) is 23.0 Å². The molecule has 14 heteroatoms. The van der Waals surface area contributed by atoms with E-state index in [2.05, 4.69) is 26.8 Å². The first kappa shape index (κ1) is 33.2. The van der Waals surface area contributed by atoms with Crippen molar-refractivity contribution < 1.29 is 18.4 Å². The number of carbonyl (C=O) groups is 2. The van der Waals surface area contributed by atoms with Gasteiger partial charge in [-0.3, -0.25) is 23.9 Å². The fourth-order valence-corrected chi connectivity index (χ4v) is 7.66. The number of oxazole rings is 1. The minimum absolute atomic E-state index is 0.0193. The summed E-state index contributed by atoms with van der Waals surface area (Å²) in [4.78, 5) is 68.9. The molecule has 2 unspecified atom stereocenters. The lowest BCUT2D eigenvalue weighted by Gasteiger charge is -2.48. The summed E-state index contributed by atoms with van der Waals surface area (Å²) in [5.74, 6) is -2.63. The number of H-pyrrole nitrogens is 1. The zero-order valence-corrected chi connectivity index (χ0v) is 29.1. The van der Waals surface area contributed by atoms with Crippen molar-refractivity contribution in [3.63, 3.8) is 0 Å². The Morgan fingerprint density at radius 2 is 1.76 bits per heavy atom. The number of aryl methyl sites for hydroxylation is 1. The van der Waals surface area contributed by atoms with Crippen molar-refractivity contribution in [2.75, 3.05) is 23.3 Å². The number of piperazine rings is 1. The normalized spacial score (nSPS) is 17.4. The van der Waals surface area contributed by atoms with Crippen LogP contribution in [0.5, 0.6) is 0 Å². The minimum atomic E-state index is -0.884. The fourth-order valence-electron chi connectivity index (χ4n) is 7.29. The van der Waals surface area contributed by atoms with Gasteiger partial charge in [0.2, 0.25) is 11.8 Å². The molecule has 5 aromatic rings. The number of nitrogens with zero attached hydrogens (tertiary/aromatic N) is 5. The van der Waals surface area contributed by atoms with Crippen molar-refractivity contribution in [2.24, 2.45) is 0 Å². The molecule has 1 saturated heterocycles. The SMILES string of the molecule is C=CC(=O)N1CC2C(=O)Nc3c(c4cc(F)c(-c5c(C)ccc6[nH]c(=O)oc56)c(Cl)c4n(-c4c(C(C)C)ncnc4C(C)C)c3=O)N2CC1C. The maximum Gasteiger partial charge on any atom is 0.417 e. The van der Waals surface area contributed by atoms with Crippen LogP contribution in [0.1, 0.15) is 63.4 Å². The predicted molar refractivity (Wildman–Crippen MR) is 190 cm³/mol. The maximum atomic E-state index is 16.9. The highest BCUT2D eigenvalue weighted by atomic mass is 35.5. The van der Waals surface area contributed by atoms with Crippen molar-refractivity contribution in [3.8, 4) is 16.8 Å². The first-order valence-electron chi connectivity index (χ1n) is 16.3. The van der Waals surface area contributed by atoms with Gasteiger partial charge in [-0.25, -0.2) is 19.2 Å². The van der Waals surface area contributed by atoms with Crippen LogP contribution in [-0.2, 0) is 9.59 Å². The molecule has 2 aromatic carbocycles. The monoisotopic (exact) mass is 699 g/mol. The second kappa shape index (κ2) is 11.9. The number of aromatic amines is 1. The molecule has 2 aliphatic rings. The molecule has 0 spiro atoms. The summed E-state index contributed by atoms with van der Waals surface area (Å²) in [7, 11) is 0. The van der Waals surface area contributed by atoms with E-state index in [9.17, 15) is 14.4 Å². The Bertz CT molecular complexity index is 2390. The Hall–Kier alpha value is -5.30. The van der Waals surface area contributed by atoms with E-state index in [-0.39, 0.29) is 80.9 Å². The van der Waals surface area contributed by atoms with Crippen molar-refractivity contribution in [1.82, 2.24) is 24.4 Å². The summed E-state index contributed by atoms with van der Waals surface area (Å²) in [6.45, 7) is 15.1. The molecule has 0 aliphatic carbocycles. The van der Waals surface area contributed by atoms with Gasteiger partial charge in [0.15, 0.2) is 5.58 Å². The number of anilines is 2. The van der Waals surface area contributed by atoms with Crippen LogP contribution in [0.4, 0.5) is 15.8 Å². The molecule has 12 nitrogen and oxygen atoms in total. The van der Waals surface area contributed by atoms with Gasteiger partial charge in [0.1, 0.15) is 23.9 Å². The van der Waals surface area contributed by atoms with Crippen molar-refractivity contribution in [2.45, 2.75) is 65.5 Å². The Morgan fingerprint density at radius 3 is 2.40 bits per heavy atom. The number of hydrogen-bond acceptors (Lipinski definition) is 8. The minimum Gasteiger partial charge on any atom is -0.407 e. The summed E-state index contributed by atoms with van der Waals surface area (Å²) in [5.41, 5.74) is 2.46. The molecule has 3 aromatic heterocycles. The molecule has 7 rings (SSSR count). The van der Waals surface area contributed by atoms with Crippen LogP contribution >= 0.6 is 11.6 Å². The van der Waals surface area contributed by atoms with Gasteiger partial charge in [-0.1, -0.05) is 51.9 Å². The first-order chi connectivity index (χ1) is 23.7. The molecular weight excluding hydrogens is 665 g/mol. The smallest absolute Gasteiger partial charge is 0.407 e. The van der Waals surface area contributed by atoms with Crippen LogP contribution in [0, 0.1) is 12.7 Å².